The maximum atomic E-state index is 10.5. The van der Waals surface area contributed by atoms with Gasteiger partial charge in [-0.3, -0.25) is 4.79 Å². The summed E-state index contributed by atoms with van der Waals surface area (Å²) in [7, 11) is 0. The molecule has 0 bridgehead atoms. The van der Waals surface area contributed by atoms with Crippen molar-refractivity contribution in [1.29, 1.82) is 0 Å². The van der Waals surface area contributed by atoms with Gasteiger partial charge in [0.15, 0.2) is 0 Å². The number of hydrogen-bond donors (Lipinski definition) is 2. The van der Waals surface area contributed by atoms with Gasteiger partial charge < -0.3 is 10.2 Å². The van der Waals surface area contributed by atoms with Crippen LogP contribution in [0.1, 0.15) is 117 Å². The number of unbranched alkanes of at least 4 members (excludes halogenated alkanes) is 10. The number of carboxylic acid groups (broad SMARTS) is 1. The summed E-state index contributed by atoms with van der Waals surface area (Å²) in [6.07, 6.45) is 21.0. The molecule has 2 saturated carbocycles. The molecule has 0 heterocycles. The smallest absolute Gasteiger partial charge is 0.306 e. The fourth-order valence-corrected chi connectivity index (χ4v) is 4.13. The van der Waals surface area contributed by atoms with Crippen LogP contribution in [-0.4, -0.2) is 22.8 Å². The Labute approximate surface area is 168 Å². The van der Waals surface area contributed by atoms with Crippen molar-refractivity contribution in [1.82, 2.24) is 0 Å². The van der Waals surface area contributed by atoms with Gasteiger partial charge in [-0.25, -0.2) is 0 Å². The summed E-state index contributed by atoms with van der Waals surface area (Å²) in [5, 5.41) is 17.5. The van der Waals surface area contributed by atoms with E-state index in [-0.39, 0.29) is 5.92 Å². The number of aliphatic hydroxyl groups is 1. The van der Waals surface area contributed by atoms with E-state index in [2.05, 4.69) is 13.8 Å². The van der Waals surface area contributed by atoms with Gasteiger partial charge in [-0.15, -0.1) is 0 Å². The first-order chi connectivity index (χ1) is 13.1. The minimum Gasteiger partial charge on any atom is -0.481 e. The van der Waals surface area contributed by atoms with Gasteiger partial charge in [0.1, 0.15) is 0 Å². The lowest BCUT2D eigenvalue weighted by Crippen LogP contribution is -1.99. The first-order valence-corrected chi connectivity index (χ1v) is 12.0. The van der Waals surface area contributed by atoms with Crippen molar-refractivity contribution in [2.45, 2.75) is 117 Å². The highest BCUT2D eigenvalue weighted by molar-refractivity contribution is 5.73. The van der Waals surface area contributed by atoms with Crippen molar-refractivity contribution in [3.63, 3.8) is 0 Å². The highest BCUT2D eigenvalue weighted by Gasteiger charge is 2.42. The third-order valence-electron chi connectivity index (χ3n) is 6.40. The Morgan fingerprint density at radius 2 is 1.19 bits per heavy atom. The molecule has 4 atom stereocenters. The lowest BCUT2D eigenvalue weighted by atomic mass is 10.1. The molecule has 2 rings (SSSR count). The van der Waals surface area contributed by atoms with Crippen LogP contribution >= 0.6 is 0 Å². The normalized spacial score (nSPS) is 25.6. The Morgan fingerprint density at radius 1 is 0.704 bits per heavy atom. The van der Waals surface area contributed by atoms with Crippen LogP contribution < -0.4 is 0 Å². The van der Waals surface area contributed by atoms with Gasteiger partial charge in [-0.2, -0.15) is 0 Å². The minimum absolute atomic E-state index is 0.00522. The zero-order chi connectivity index (χ0) is 19.9. The van der Waals surface area contributed by atoms with Crippen molar-refractivity contribution in [2.75, 3.05) is 6.61 Å². The number of hydrogen-bond acceptors (Lipinski definition) is 2. The topological polar surface area (TPSA) is 57.5 Å². The molecule has 3 nitrogen and oxygen atoms in total. The zero-order valence-electron chi connectivity index (χ0n) is 18.1. The van der Waals surface area contributed by atoms with Crippen LogP contribution in [0, 0.1) is 23.7 Å². The lowest BCUT2D eigenvalue weighted by Gasteiger charge is -1.99. The quantitative estimate of drug-likeness (QED) is 0.288. The van der Waals surface area contributed by atoms with Crippen molar-refractivity contribution in [2.24, 2.45) is 23.7 Å². The maximum absolute atomic E-state index is 10.5. The summed E-state index contributed by atoms with van der Waals surface area (Å²) in [6.45, 7) is 4.91. The van der Waals surface area contributed by atoms with Gasteiger partial charge in [0, 0.05) is 6.61 Å². The van der Waals surface area contributed by atoms with Crippen LogP contribution in [0.3, 0.4) is 0 Å². The second-order valence-electron chi connectivity index (χ2n) is 8.99. The molecule has 2 aliphatic rings. The molecule has 0 aromatic heterocycles. The van der Waals surface area contributed by atoms with E-state index >= 15 is 0 Å². The number of rotatable bonds is 16. The molecule has 0 aromatic carbocycles. The molecule has 0 aliphatic heterocycles. The molecule has 2 aliphatic carbocycles. The fourth-order valence-electron chi connectivity index (χ4n) is 4.13. The molecule has 2 fully saturated rings. The molecular weight excluding hydrogens is 336 g/mol. The second-order valence-corrected chi connectivity index (χ2v) is 8.99. The van der Waals surface area contributed by atoms with Crippen LogP contribution in [0.25, 0.3) is 0 Å². The highest BCUT2D eigenvalue weighted by atomic mass is 16.4. The highest BCUT2D eigenvalue weighted by Crippen LogP contribution is 2.42. The lowest BCUT2D eigenvalue weighted by molar-refractivity contribution is -0.138. The standard InChI is InChI=1S/C12H22O2.C12H24O/c1-2-3-4-5-6-7-8-10-9-11(10)12(13)14;1-2-3-4-5-6-7-8-11-9-12(11)10-13/h10-11H,2-9H2,1H3,(H,13,14);11-13H,2-10H2,1H3/t10-,11+;11-,12-/m11/s1. The Balaban J connectivity index is 0.000000271. The molecule has 27 heavy (non-hydrogen) atoms. The molecule has 0 radical (unpaired) electrons. The van der Waals surface area contributed by atoms with Gasteiger partial charge in [-0.05, 0) is 37.0 Å². The fraction of sp³-hybridized carbons (Fsp3) is 0.958. The van der Waals surface area contributed by atoms with Crippen LogP contribution in [0.2, 0.25) is 0 Å². The molecular formula is C24H46O3. The monoisotopic (exact) mass is 382 g/mol. The van der Waals surface area contributed by atoms with E-state index in [1.807, 2.05) is 0 Å². The summed E-state index contributed by atoms with van der Waals surface area (Å²) in [6, 6.07) is 0. The first-order valence-electron chi connectivity index (χ1n) is 12.0. The third-order valence-corrected chi connectivity index (χ3v) is 6.40. The number of aliphatic hydroxyl groups excluding tert-OH is 1. The predicted octanol–water partition coefficient (Wildman–Crippen LogP) is 6.82. The summed E-state index contributed by atoms with van der Waals surface area (Å²) >= 11 is 0. The van der Waals surface area contributed by atoms with Crippen molar-refractivity contribution >= 4 is 5.97 Å². The Bertz CT molecular complexity index is 369. The predicted molar refractivity (Wildman–Crippen MR) is 114 cm³/mol. The minimum atomic E-state index is -0.582. The van der Waals surface area contributed by atoms with Gasteiger partial charge >= 0.3 is 5.97 Å². The van der Waals surface area contributed by atoms with Crippen LogP contribution in [0.5, 0.6) is 0 Å². The second kappa shape index (κ2) is 15.4. The van der Waals surface area contributed by atoms with Gasteiger partial charge in [0.25, 0.3) is 0 Å². The van der Waals surface area contributed by atoms with E-state index in [1.165, 1.54) is 89.9 Å². The van der Waals surface area contributed by atoms with Gasteiger partial charge in [-0.1, -0.05) is 97.3 Å². The first kappa shape index (κ1) is 24.5. The number of carbonyl (C=O) groups is 1. The van der Waals surface area contributed by atoms with E-state index < -0.39 is 5.97 Å². The Hall–Kier alpha value is -0.570. The van der Waals surface area contributed by atoms with E-state index in [0.29, 0.717) is 18.4 Å². The molecule has 3 heteroatoms. The van der Waals surface area contributed by atoms with Gasteiger partial charge in [0.2, 0.25) is 0 Å². The average molecular weight is 383 g/mol. The van der Waals surface area contributed by atoms with Crippen molar-refractivity contribution < 1.29 is 15.0 Å². The van der Waals surface area contributed by atoms with E-state index in [9.17, 15) is 4.79 Å². The summed E-state index contributed by atoms with van der Waals surface area (Å²) in [4.78, 5) is 10.5. The molecule has 2 N–H and O–H groups in total. The molecule has 0 saturated heterocycles. The molecule has 0 aromatic rings. The SMILES string of the molecule is CCCCCCCC[C@@H]1C[C@@H]1C(=O)O.CCCCCCCC[C@@H]1C[C@@H]1CO. The van der Waals surface area contributed by atoms with E-state index in [1.54, 1.807) is 0 Å². The third kappa shape index (κ3) is 12.5. The largest absolute Gasteiger partial charge is 0.481 e. The molecule has 160 valence electrons. The molecule has 0 amide bonds. The van der Waals surface area contributed by atoms with Crippen LogP contribution in [-0.2, 0) is 4.79 Å². The molecule has 0 unspecified atom stereocenters. The molecule has 0 spiro atoms. The van der Waals surface area contributed by atoms with E-state index in [4.69, 9.17) is 10.2 Å². The number of carboxylic acids is 1. The summed E-state index contributed by atoms with van der Waals surface area (Å²) < 4.78 is 0. The maximum Gasteiger partial charge on any atom is 0.306 e. The Morgan fingerprint density at radius 3 is 1.59 bits per heavy atom. The summed E-state index contributed by atoms with van der Waals surface area (Å²) in [5.41, 5.74) is 0. The average Bonchev–Trinajstić information content (AvgIpc) is 3.56. The number of aliphatic carboxylic acids is 1. The zero-order valence-corrected chi connectivity index (χ0v) is 18.1. The van der Waals surface area contributed by atoms with Gasteiger partial charge in [0.05, 0.1) is 5.92 Å². The van der Waals surface area contributed by atoms with Crippen LogP contribution in [0.4, 0.5) is 0 Å². The van der Waals surface area contributed by atoms with Crippen molar-refractivity contribution in [3.05, 3.63) is 0 Å². The van der Waals surface area contributed by atoms with Crippen molar-refractivity contribution in [3.8, 4) is 0 Å². The Kier molecular flexibility index (Phi) is 13.9. The van der Waals surface area contributed by atoms with Crippen LogP contribution in [0.15, 0.2) is 0 Å². The summed E-state index contributed by atoms with van der Waals surface area (Å²) in [5.74, 6) is 1.50. The van der Waals surface area contributed by atoms with E-state index in [0.717, 1.165) is 18.8 Å².